The van der Waals surface area contributed by atoms with Crippen molar-refractivity contribution in [1.82, 2.24) is 0 Å². The standard InChI is InChI=1S/C19H18O3/c1-2-14-3-5-15(6-4-14)9-12-18(20)17-10-7-16(8-11-17)13-19(21)22/h3-12H,2,13H2,1H3,(H,21,22). The predicted octanol–water partition coefficient (Wildman–Crippen LogP) is 3.77. The summed E-state index contributed by atoms with van der Waals surface area (Å²) in [6.45, 7) is 2.10. The predicted molar refractivity (Wildman–Crippen MR) is 87.0 cm³/mol. The average Bonchev–Trinajstić information content (AvgIpc) is 2.53. The number of ketones is 1. The van der Waals surface area contributed by atoms with Crippen molar-refractivity contribution in [2.75, 3.05) is 0 Å². The fourth-order valence-corrected chi connectivity index (χ4v) is 2.09. The van der Waals surface area contributed by atoms with Crippen molar-refractivity contribution >= 4 is 17.8 Å². The molecule has 0 amide bonds. The Morgan fingerprint density at radius 3 is 2.09 bits per heavy atom. The minimum Gasteiger partial charge on any atom is -0.481 e. The normalized spacial score (nSPS) is 10.8. The molecular weight excluding hydrogens is 276 g/mol. The minimum absolute atomic E-state index is 0.0336. The largest absolute Gasteiger partial charge is 0.481 e. The molecule has 0 aliphatic carbocycles. The van der Waals surface area contributed by atoms with E-state index in [0.717, 1.165) is 12.0 Å². The van der Waals surface area contributed by atoms with Gasteiger partial charge in [0.2, 0.25) is 0 Å². The third-order valence-corrected chi connectivity index (χ3v) is 3.41. The second kappa shape index (κ2) is 7.36. The fraction of sp³-hybridized carbons (Fsp3) is 0.158. The molecule has 0 aliphatic rings. The summed E-state index contributed by atoms with van der Waals surface area (Å²) >= 11 is 0. The summed E-state index contributed by atoms with van der Waals surface area (Å²) in [5.41, 5.74) is 3.48. The Kier molecular flexibility index (Phi) is 5.26. The van der Waals surface area contributed by atoms with E-state index in [0.29, 0.717) is 11.1 Å². The van der Waals surface area contributed by atoms with Gasteiger partial charge in [0.25, 0.3) is 0 Å². The van der Waals surface area contributed by atoms with Gasteiger partial charge >= 0.3 is 5.97 Å². The Bertz CT molecular complexity index is 680. The molecule has 112 valence electrons. The van der Waals surface area contributed by atoms with Crippen molar-refractivity contribution in [1.29, 1.82) is 0 Å². The molecule has 0 atom stereocenters. The lowest BCUT2D eigenvalue weighted by molar-refractivity contribution is -0.136. The maximum atomic E-state index is 12.1. The van der Waals surface area contributed by atoms with Gasteiger partial charge in [-0.05, 0) is 29.2 Å². The van der Waals surface area contributed by atoms with Crippen molar-refractivity contribution in [2.24, 2.45) is 0 Å². The molecule has 0 bridgehead atoms. The lowest BCUT2D eigenvalue weighted by atomic mass is 10.0. The van der Waals surface area contributed by atoms with E-state index in [2.05, 4.69) is 6.92 Å². The van der Waals surface area contributed by atoms with Crippen LogP contribution in [0.25, 0.3) is 6.08 Å². The van der Waals surface area contributed by atoms with Crippen molar-refractivity contribution in [3.8, 4) is 0 Å². The van der Waals surface area contributed by atoms with Crippen LogP contribution in [-0.4, -0.2) is 16.9 Å². The summed E-state index contributed by atoms with van der Waals surface area (Å²) in [6.07, 6.45) is 4.28. The summed E-state index contributed by atoms with van der Waals surface area (Å²) in [5, 5.41) is 8.71. The van der Waals surface area contributed by atoms with Gasteiger partial charge in [-0.3, -0.25) is 9.59 Å². The van der Waals surface area contributed by atoms with Crippen LogP contribution in [0.2, 0.25) is 0 Å². The zero-order valence-corrected chi connectivity index (χ0v) is 12.5. The Morgan fingerprint density at radius 1 is 0.955 bits per heavy atom. The van der Waals surface area contributed by atoms with Crippen LogP contribution in [-0.2, 0) is 17.6 Å². The minimum atomic E-state index is -0.880. The van der Waals surface area contributed by atoms with Crippen LogP contribution in [0.1, 0.15) is 34.0 Å². The van der Waals surface area contributed by atoms with Gasteiger partial charge in [0, 0.05) is 5.56 Å². The molecule has 0 saturated carbocycles. The molecule has 0 radical (unpaired) electrons. The lowest BCUT2D eigenvalue weighted by Crippen LogP contribution is -2.01. The molecule has 3 nitrogen and oxygen atoms in total. The number of aryl methyl sites for hydroxylation is 1. The van der Waals surface area contributed by atoms with Crippen LogP contribution in [0.4, 0.5) is 0 Å². The number of carbonyl (C=O) groups excluding carboxylic acids is 1. The number of carboxylic acid groups (broad SMARTS) is 1. The number of hydrogen-bond acceptors (Lipinski definition) is 2. The van der Waals surface area contributed by atoms with Crippen molar-refractivity contribution < 1.29 is 14.7 Å². The third-order valence-electron chi connectivity index (χ3n) is 3.41. The van der Waals surface area contributed by atoms with E-state index in [9.17, 15) is 9.59 Å². The van der Waals surface area contributed by atoms with Gasteiger partial charge in [-0.2, -0.15) is 0 Å². The molecule has 0 aliphatic heterocycles. The molecule has 0 unspecified atom stereocenters. The van der Waals surface area contributed by atoms with E-state index >= 15 is 0 Å². The summed E-state index contributed by atoms with van der Waals surface area (Å²) in [6, 6.07) is 14.7. The molecule has 0 fully saturated rings. The summed E-state index contributed by atoms with van der Waals surface area (Å²) in [4.78, 5) is 22.7. The van der Waals surface area contributed by atoms with E-state index in [1.54, 1.807) is 30.3 Å². The Hall–Kier alpha value is -2.68. The van der Waals surface area contributed by atoms with Crippen molar-refractivity contribution in [3.63, 3.8) is 0 Å². The fourth-order valence-electron chi connectivity index (χ4n) is 2.09. The molecule has 2 aromatic rings. The van der Waals surface area contributed by atoms with E-state index in [1.807, 2.05) is 24.3 Å². The number of rotatable bonds is 6. The number of carboxylic acids is 1. The highest BCUT2D eigenvalue weighted by Gasteiger charge is 2.04. The Balaban J connectivity index is 2.04. The van der Waals surface area contributed by atoms with Crippen LogP contribution in [0, 0.1) is 0 Å². The zero-order valence-electron chi connectivity index (χ0n) is 12.5. The molecule has 2 aromatic carbocycles. The van der Waals surface area contributed by atoms with Crippen LogP contribution < -0.4 is 0 Å². The number of carbonyl (C=O) groups is 2. The SMILES string of the molecule is CCc1ccc(C=CC(=O)c2ccc(CC(=O)O)cc2)cc1. The van der Waals surface area contributed by atoms with Crippen LogP contribution >= 0.6 is 0 Å². The van der Waals surface area contributed by atoms with Gasteiger partial charge < -0.3 is 5.11 Å². The highest BCUT2D eigenvalue weighted by atomic mass is 16.4. The first-order valence-electron chi connectivity index (χ1n) is 7.20. The number of allylic oxidation sites excluding steroid dienone is 1. The molecule has 0 saturated heterocycles. The second-order valence-corrected chi connectivity index (χ2v) is 5.06. The first kappa shape index (κ1) is 15.7. The third kappa shape index (κ3) is 4.42. The van der Waals surface area contributed by atoms with E-state index in [-0.39, 0.29) is 12.2 Å². The van der Waals surface area contributed by atoms with Crippen LogP contribution in [0.15, 0.2) is 54.6 Å². The second-order valence-electron chi connectivity index (χ2n) is 5.06. The number of aliphatic carboxylic acids is 1. The Labute approximate surface area is 129 Å². The highest BCUT2D eigenvalue weighted by molar-refractivity contribution is 6.06. The van der Waals surface area contributed by atoms with Crippen molar-refractivity contribution in [2.45, 2.75) is 19.8 Å². The maximum absolute atomic E-state index is 12.1. The molecule has 0 heterocycles. The van der Waals surface area contributed by atoms with Gasteiger partial charge in [-0.25, -0.2) is 0 Å². The number of benzene rings is 2. The molecule has 0 spiro atoms. The van der Waals surface area contributed by atoms with E-state index in [1.165, 1.54) is 11.6 Å². The first-order chi connectivity index (χ1) is 10.6. The molecule has 22 heavy (non-hydrogen) atoms. The summed E-state index contributed by atoms with van der Waals surface area (Å²) in [7, 11) is 0. The van der Waals surface area contributed by atoms with E-state index in [4.69, 9.17) is 5.11 Å². The van der Waals surface area contributed by atoms with Crippen molar-refractivity contribution in [3.05, 3.63) is 76.9 Å². The number of hydrogen-bond donors (Lipinski definition) is 1. The maximum Gasteiger partial charge on any atom is 0.307 e. The van der Waals surface area contributed by atoms with Gasteiger partial charge in [0.05, 0.1) is 6.42 Å². The molecular formula is C19H18O3. The van der Waals surface area contributed by atoms with Gasteiger partial charge in [0.15, 0.2) is 5.78 Å². The zero-order chi connectivity index (χ0) is 15.9. The molecule has 3 heteroatoms. The quantitative estimate of drug-likeness (QED) is 0.651. The van der Waals surface area contributed by atoms with Gasteiger partial charge in [-0.1, -0.05) is 61.5 Å². The first-order valence-corrected chi connectivity index (χ1v) is 7.20. The smallest absolute Gasteiger partial charge is 0.307 e. The lowest BCUT2D eigenvalue weighted by Gasteiger charge is -2.00. The van der Waals surface area contributed by atoms with Gasteiger partial charge in [-0.15, -0.1) is 0 Å². The summed E-state index contributed by atoms with van der Waals surface area (Å²) in [5.74, 6) is -0.976. The van der Waals surface area contributed by atoms with Gasteiger partial charge in [0.1, 0.15) is 0 Å². The topological polar surface area (TPSA) is 54.4 Å². The highest BCUT2D eigenvalue weighted by Crippen LogP contribution is 2.10. The molecule has 2 rings (SSSR count). The summed E-state index contributed by atoms with van der Waals surface area (Å²) < 4.78 is 0. The Morgan fingerprint density at radius 2 is 1.55 bits per heavy atom. The van der Waals surface area contributed by atoms with E-state index < -0.39 is 5.97 Å². The molecule has 0 aromatic heterocycles. The molecule has 1 N–H and O–H groups in total. The monoisotopic (exact) mass is 294 g/mol. The average molecular weight is 294 g/mol. The van der Waals surface area contributed by atoms with Crippen LogP contribution in [0.5, 0.6) is 0 Å². The van der Waals surface area contributed by atoms with Crippen LogP contribution in [0.3, 0.4) is 0 Å².